The molecule has 0 aromatic heterocycles. The number of nitrogens with zero attached hydrogens (tertiary/aromatic N) is 1. The largest absolute Gasteiger partial charge is 0.452 e. The molecule has 0 unspecified atom stereocenters. The Hall–Kier alpha value is -5.33. The highest BCUT2D eigenvalue weighted by molar-refractivity contribution is 7.99. The van der Waals surface area contributed by atoms with E-state index in [1.807, 2.05) is 69.3 Å². The zero-order valence-corrected chi connectivity index (χ0v) is 35.9. The Morgan fingerprint density at radius 2 is 1.10 bits per heavy atom. The number of imide groups is 1. The molecular weight excluding hydrogens is 779 g/mol. The summed E-state index contributed by atoms with van der Waals surface area (Å²) in [6, 6.07) is 39.5. The lowest BCUT2D eigenvalue weighted by atomic mass is 9.95. The summed E-state index contributed by atoms with van der Waals surface area (Å²) in [5.74, 6) is -1.97. The SMILES string of the molecule is CCS[C@@H]1O[C@H](CO[Si](c2ccccc2)(c2ccccc2)C(C)(C)C)[C@@H](OC(=O)c2ccc(C)cc2)[C@H](OC(=O)c2ccc(C)cc2)[C@H]1N1C(=O)c2ccccc2C1=O. The van der Waals surface area contributed by atoms with Gasteiger partial charge in [0, 0.05) is 0 Å². The van der Waals surface area contributed by atoms with Gasteiger partial charge in [-0.25, -0.2) is 9.59 Å². The Labute approximate surface area is 351 Å². The van der Waals surface area contributed by atoms with Gasteiger partial charge in [-0.15, -0.1) is 11.8 Å². The second-order valence-electron chi connectivity index (χ2n) is 16.0. The van der Waals surface area contributed by atoms with E-state index >= 15 is 0 Å². The molecular formula is C48H49NO8SSi. The molecule has 11 heteroatoms. The summed E-state index contributed by atoms with van der Waals surface area (Å²) in [6.45, 7) is 12.2. The molecule has 5 aromatic carbocycles. The molecule has 59 heavy (non-hydrogen) atoms. The van der Waals surface area contributed by atoms with Crippen molar-refractivity contribution >= 4 is 54.2 Å². The van der Waals surface area contributed by atoms with Crippen LogP contribution in [-0.2, 0) is 18.6 Å². The maximum absolute atomic E-state index is 14.3. The van der Waals surface area contributed by atoms with Crippen molar-refractivity contribution in [2.24, 2.45) is 0 Å². The molecule has 5 aromatic rings. The van der Waals surface area contributed by atoms with E-state index in [1.165, 1.54) is 11.8 Å². The van der Waals surface area contributed by atoms with Crippen LogP contribution in [0.4, 0.5) is 0 Å². The first-order chi connectivity index (χ1) is 28.3. The number of hydrogen-bond acceptors (Lipinski definition) is 9. The van der Waals surface area contributed by atoms with Crippen LogP contribution in [0.3, 0.4) is 0 Å². The van der Waals surface area contributed by atoms with Crippen molar-refractivity contribution in [1.29, 1.82) is 0 Å². The van der Waals surface area contributed by atoms with Crippen LogP contribution >= 0.6 is 11.8 Å². The van der Waals surface area contributed by atoms with Gasteiger partial charge in [-0.05, 0) is 71.4 Å². The van der Waals surface area contributed by atoms with Gasteiger partial charge < -0.3 is 18.6 Å². The first-order valence-electron chi connectivity index (χ1n) is 19.9. The maximum Gasteiger partial charge on any atom is 0.338 e. The molecule has 7 rings (SSSR count). The van der Waals surface area contributed by atoms with Crippen molar-refractivity contribution in [3.8, 4) is 0 Å². The van der Waals surface area contributed by atoms with Gasteiger partial charge >= 0.3 is 11.9 Å². The van der Waals surface area contributed by atoms with Crippen LogP contribution < -0.4 is 10.4 Å². The highest BCUT2D eigenvalue weighted by Crippen LogP contribution is 2.41. The van der Waals surface area contributed by atoms with Crippen LogP contribution in [0.15, 0.2) is 133 Å². The number of hydrogen-bond donors (Lipinski definition) is 0. The molecule has 0 saturated carbocycles. The lowest BCUT2D eigenvalue weighted by molar-refractivity contribution is -0.182. The summed E-state index contributed by atoms with van der Waals surface area (Å²) in [7, 11) is -3.19. The van der Waals surface area contributed by atoms with Crippen LogP contribution in [-0.4, -0.2) is 79.1 Å². The summed E-state index contributed by atoms with van der Waals surface area (Å²) in [4.78, 5) is 58.3. The van der Waals surface area contributed by atoms with Crippen LogP contribution in [0.5, 0.6) is 0 Å². The fraction of sp³-hybridized carbons (Fsp3) is 0.292. The molecule has 304 valence electrons. The van der Waals surface area contributed by atoms with Gasteiger partial charge in [0.25, 0.3) is 20.1 Å². The number of esters is 2. The molecule has 0 radical (unpaired) electrons. The van der Waals surface area contributed by atoms with Crippen LogP contribution in [0, 0.1) is 13.8 Å². The molecule has 0 bridgehead atoms. The number of benzene rings is 5. The number of carbonyl (C=O) groups is 4. The van der Waals surface area contributed by atoms with Gasteiger partial charge in [0.05, 0.1) is 28.9 Å². The number of amides is 2. The number of ether oxygens (including phenoxy) is 3. The minimum Gasteiger partial charge on any atom is -0.452 e. The second-order valence-corrected chi connectivity index (χ2v) is 21.6. The van der Waals surface area contributed by atoms with Crippen molar-refractivity contribution in [1.82, 2.24) is 4.90 Å². The highest BCUT2D eigenvalue weighted by Gasteiger charge is 2.58. The van der Waals surface area contributed by atoms with E-state index in [2.05, 4.69) is 45.0 Å². The van der Waals surface area contributed by atoms with E-state index in [4.69, 9.17) is 18.6 Å². The fourth-order valence-electron chi connectivity index (χ4n) is 8.09. The smallest absolute Gasteiger partial charge is 0.338 e. The Balaban J connectivity index is 1.38. The Kier molecular flexibility index (Phi) is 12.4. The van der Waals surface area contributed by atoms with Gasteiger partial charge in [-0.1, -0.05) is 136 Å². The van der Waals surface area contributed by atoms with Crippen LogP contribution in [0.1, 0.15) is 80.3 Å². The molecule has 2 amide bonds. The third-order valence-corrected chi connectivity index (χ3v) is 17.1. The number of fused-ring (bicyclic) bond motifs is 1. The molecule has 0 spiro atoms. The Morgan fingerprint density at radius 3 is 1.54 bits per heavy atom. The Bertz CT molecular complexity index is 2220. The number of rotatable bonds is 12. The average Bonchev–Trinajstić information content (AvgIpc) is 3.48. The van der Waals surface area contributed by atoms with E-state index in [0.717, 1.165) is 26.4 Å². The van der Waals surface area contributed by atoms with E-state index in [-0.39, 0.29) is 28.9 Å². The monoisotopic (exact) mass is 827 g/mol. The maximum atomic E-state index is 14.3. The Morgan fingerprint density at radius 1 is 0.661 bits per heavy atom. The number of thioether (sulfide) groups is 1. The molecule has 2 aliphatic rings. The van der Waals surface area contributed by atoms with Gasteiger partial charge in [0.2, 0.25) is 0 Å². The molecule has 5 atom stereocenters. The standard InChI is InChI=1S/C48H49NO8SSi/c1-7-58-47-40(49-43(50)37-20-14-15-21-38(37)44(49)51)42(57-46(53)34-28-24-32(3)25-29-34)41(56-45(52)33-26-22-31(2)23-27-33)39(55-47)30-54-59(48(4,5)6,35-16-10-8-11-17-35)36-18-12-9-13-19-36/h8-29,39-42,47H,7,30H2,1-6H3/t39-,40-,41-,42-,47+/m1/s1. The van der Waals surface area contributed by atoms with Gasteiger partial charge in [0.15, 0.2) is 12.2 Å². The number of aryl methyl sites for hydroxylation is 2. The van der Waals surface area contributed by atoms with Gasteiger partial charge in [0.1, 0.15) is 17.6 Å². The summed E-state index contributed by atoms with van der Waals surface area (Å²) in [5.41, 5.74) is 1.98. The third-order valence-electron chi connectivity index (χ3n) is 11.0. The third kappa shape index (κ3) is 8.30. The van der Waals surface area contributed by atoms with Crippen molar-refractivity contribution < 1.29 is 37.8 Å². The van der Waals surface area contributed by atoms with Gasteiger partial charge in [-0.3, -0.25) is 14.5 Å². The van der Waals surface area contributed by atoms with Crippen LogP contribution in [0.25, 0.3) is 0 Å². The summed E-state index contributed by atoms with van der Waals surface area (Å²) >= 11 is 1.37. The first-order valence-corrected chi connectivity index (χ1v) is 22.8. The normalized spacial score (nSPS) is 20.6. The molecule has 1 saturated heterocycles. The topological polar surface area (TPSA) is 108 Å². The van der Waals surface area contributed by atoms with Gasteiger partial charge in [-0.2, -0.15) is 0 Å². The van der Waals surface area contributed by atoms with Crippen molar-refractivity contribution in [3.63, 3.8) is 0 Å². The lowest BCUT2D eigenvalue weighted by Crippen LogP contribution is -2.69. The predicted molar refractivity (Wildman–Crippen MR) is 232 cm³/mol. The van der Waals surface area contributed by atoms with E-state index in [9.17, 15) is 19.2 Å². The fourth-order valence-corrected chi connectivity index (χ4v) is 13.7. The molecule has 1 fully saturated rings. The molecule has 9 nitrogen and oxygen atoms in total. The van der Waals surface area contributed by atoms with Crippen molar-refractivity contribution in [3.05, 3.63) is 167 Å². The van der Waals surface area contributed by atoms with E-state index in [0.29, 0.717) is 5.75 Å². The quantitative estimate of drug-likeness (QED) is 0.0709. The van der Waals surface area contributed by atoms with Crippen molar-refractivity contribution in [2.75, 3.05) is 12.4 Å². The molecule has 2 heterocycles. The zero-order valence-electron chi connectivity index (χ0n) is 34.1. The highest BCUT2D eigenvalue weighted by atomic mass is 32.2. The zero-order chi connectivity index (χ0) is 41.9. The lowest BCUT2D eigenvalue weighted by Gasteiger charge is -2.49. The predicted octanol–water partition coefficient (Wildman–Crippen LogP) is 7.77. The second kappa shape index (κ2) is 17.5. The first kappa shape index (κ1) is 41.8. The molecule has 0 N–H and O–H groups in total. The summed E-state index contributed by atoms with van der Waals surface area (Å²) < 4.78 is 27.3. The minimum atomic E-state index is -3.19. The van der Waals surface area contributed by atoms with Crippen LogP contribution in [0.2, 0.25) is 5.04 Å². The minimum absolute atomic E-state index is 0.0761. The van der Waals surface area contributed by atoms with E-state index < -0.39 is 66.9 Å². The average molecular weight is 828 g/mol. The van der Waals surface area contributed by atoms with Crippen molar-refractivity contribution in [2.45, 2.75) is 76.4 Å². The molecule has 2 aliphatic heterocycles. The van der Waals surface area contributed by atoms with E-state index in [1.54, 1.807) is 60.7 Å². The summed E-state index contributed by atoms with van der Waals surface area (Å²) in [5, 5.41) is 1.66. The molecule has 0 aliphatic carbocycles. The number of carbonyl (C=O) groups excluding carboxylic acids is 4. The summed E-state index contributed by atoms with van der Waals surface area (Å²) in [6.07, 6.45) is -3.72.